The van der Waals surface area contributed by atoms with Gasteiger partial charge in [-0.15, -0.1) is 11.6 Å². The van der Waals surface area contributed by atoms with Gasteiger partial charge in [0.25, 0.3) is 0 Å². The van der Waals surface area contributed by atoms with Crippen molar-refractivity contribution < 1.29 is 4.79 Å². The molecule has 15 heavy (non-hydrogen) atoms. The third-order valence-electron chi connectivity index (χ3n) is 3.45. The van der Waals surface area contributed by atoms with Crippen molar-refractivity contribution in [3.63, 3.8) is 0 Å². The smallest absolute Gasteiger partial charge is 0.150 e. The Morgan fingerprint density at radius 3 is 2.53 bits per heavy atom. The van der Waals surface area contributed by atoms with Crippen molar-refractivity contribution in [3.8, 4) is 0 Å². The second kappa shape index (κ2) is 3.97. The number of halogens is 1. The SMILES string of the molecule is CC1(c2ccccc2)CC(C(=O)CCl)C1. The van der Waals surface area contributed by atoms with E-state index in [-0.39, 0.29) is 23.0 Å². The summed E-state index contributed by atoms with van der Waals surface area (Å²) >= 11 is 5.55. The van der Waals surface area contributed by atoms with Crippen LogP contribution in [0.5, 0.6) is 0 Å². The maximum absolute atomic E-state index is 11.4. The monoisotopic (exact) mass is 222 g/mol. The fourth-order valence-corrected chi connectivity index (χ4v) is 2.66. The minimum atomic E-state index is 0.162. The van der Waals surface area contributed by atoms with E-state index in [4.69, 9.17) is 11.6 Å². The lowest BCUT2D eigenvalue weighted by molar-refractivity contribution is -0.124. The van der Waals surface area contributed by atoms with Gasteiger partial charge in [0.15, 0.2) is 5.78 Å². The van der Waals surface area contributed by atoms with Crippen LogP contribution in [0.1, 0.15) is 25.3 Å². The quantitative estimate of drug-likeness (QED) is 0.718. The molecule has 0 heterocycles. The van der Waals surface area contributed by atoms with Crippen LogP contribution in [0.15, 0.2) is 30.3 Å². The average molecular weight is 223 g/mol. The first kappa shape index (κ1) is 10.7. The zero-order chi connectivity index (χ0) is 10.9. The van der Waals surface area contributed by atoms with Crippen molar-refractivity contribution >= 4 is 17.4 Å². The maximum atomic E-state index is 11.4. The number of ketones is 1. The van der Waals surface area contributed by atoms with Gasteiger partial charge in [-0.2, -0.15) is 0 Å². The van der Waals surface area contributed by atoms with Crippen LogP contribution >= 0.6 is 11.6 Å². The summed E-state index contributed by atoms with van der Waals surface area (Å²) in [6.07, 6.45) is 1.89. The highest BCUT2D eigenvalue weighted by Gasteiger charge is 2.44. The predicted molar refractivity (Wildman–Crippen MR) is 62.2 cm³/mol. The molecule has 0 aliphatic heterocycles. The second-order valence-electron chi connectivity index (χ2n) is 4.63. The zero-order valence-electron chi connectivity index (χ0n) is 8.87. The Kier molecular flexibility index (Phi) is 2.83. The number of rotatable bonds is 3. The number of alkyl halides is 1. The highest BCUT2D eigenvalue weighted by atomic mass is 35.5. The van der Waals surface area contributed by atoms with Gasteiger partial charge in [-0.05, 0) is 23.8 Å². The molecule has 0 N–H and O–H groups in total. The fraction of sp³-hybridized carbons (Fsp3) is 0.462. The standard InChI is InChI=1S/C13H15ClO/c1-13(11-5-3-2-4-6-11)7-10(8-13)12(15)9-14/h2-6,10H,7-9H2,1H3. The molecule has 0 saturated heterocycles. The summed E-state index contributed by atoms with van der Waals surface area (Å²) in [7, 11) is 0. The van der Waals surface area contributed by atoms with Crippen LogP contribution in [0.3, 0.4) is 0 Å². The van der Waals surface area contributed by atoms with Crippen molar-refractivity contribution in [2.24, 2.45) is 5.92 Å². The summed E-state index contributed by atoms with van der Waals surface area (Å²) in [4.78, 5) is 11.4. The Labute approximate surface area is 95.4 Å². The van der Waals surface area contributed by atoms with Gasteiger partial charge < -0.3 is 0 Å². The molecule has 1 saturated carbocycles. The number of carbonyl (C=O) groups excluding carboxylic acids is 1. The van der Waals surface area contributed by atoms with Crippen LogP contribution in [0.4, 0.5) is 0 Å². The first-order valence-corrected chi connectivity index (χ1v) is 5.83. The Morgan fingerprint density at radius 1 is 1.40 bits per heavy atom. The highest BCUT2D eigenvalue weighted by molar-refractivity contribution is 6.28. The molecule has 0 unspecified atom stereocenters. The molecule has 1 aliphatic rings. The molecule has 1 aromatic rings. The van der Waals surface area contributed by atoms with Crippen LogP contribution in [0.2, 0.25) is 0 Å². The number of carbonyl (C=O) groups is 1. The molecule has 0 aromatic heterocycles. The molecule has 0 atom stereocenters. The summed E-state index contributed by atoms with van der Waals surface area (Å²) in [5.41, 5.74) is 1.52. The Hall–Kier alpha value is -0.820. The summed E-state index contributed by atoms with van der Waals surface area (Å²) in [6, 6.07) is 10.4. The lowest BCUT2D eigenvalue weighted by Crippen LogP contribution is -2.42. The largest absolute Gasteiger partial charge is 0.298 e. The molecule has 1 aliphatic carbocycles. The van der Waals surface area contributed by atoms with Gasteiger partial charge in [-0.1, -0.05) is 37.3 Å². The van der Waals surface area contributed by atoms with E-state index in [0.717, 1.165) is 12.8 Å². The van der Waals surface area contributed by atoms with Gasteiger partial charge in [0.2, 0.25) is 0 Å². The van der Waals surface area contributed by atoms with Crippen molar-refractivity contribution in [3.05, 3.63) is 35.9 Å². The van der Waals surface area contributed by atoms with Crippen LogP contribution in [-0.2, 0) is 10.2 Å². The van der Waals surface area contributed by atoms with Gasteiger partial charge >= 0.3 is 0 Å². The molecule has 1 aromatic carbocycles. The van der Waals surface area contributed by atoms with E-state index in [0.29, 0.717) is 0 Å². The van der Waals surface area contributed by atoms with E-state index >= 15 is 0 Å². The lowest BCUT2D eigenvalue weighted by atomic mass is 9.59. The van der Waals surface area contributed by atoms with E-state index in [2.05, 4.69) is 31.2 Å². The minimum absolute atomic E-state index is 0.162. The molecule has 0 amide bonds. The van der Waals surface area contributed by atoms with Crippen LogP contribution in [0, 0.1) is 5.92 Å². The molecule has 1 nitrogen and oxygen atoms in total. The third kappa shape index (κ3) is 1.93. The van der Waals surface area contributed by atoms with Gasteiger partial charge in [0.1, 0.15) is 0 Å². The van der Waals surface area contributed by atoms with Gasteiger partial charge in [-0.3, -0.25) is 4.79 Å². The molecule has 0 radical (unpaired) electrons. The third-order valence-corrected chi connectivity index (χ3v) is 3.72. The number of hydrogen-bond acceptors (Lipinski definition) is 1. The Morgan fingerprint density at radius 2 is 2.00 bits per heavy atom. The molecule has 0 bridgehead atoms. The van der Waals surface area contributed by atoms with Gasteiger partial charge in [-0.25, -0.2) is 0 Å². The second-order valence-corrected chi connectivity index (χ2v) is 4.90. The highest BCUT2D eigenvalue weighted by Crippen LogP contribution is 2.47. The molecule has 1 fully saturated rings. The van der Waals surface area contributed by atoms with Crippen LogP contribution in [-0.4, -0.2) is 11.7 Å². The van der Waals surface area contributed by atoms with Crippen LogP contribution in [0.25, 0.3) is 0 Å². The van der Waals surface area contributed by atoms with Gasteiger partial charge in [0.05, 0.1) is 5.88 Å². The summed E-state index contributed by atoms with van der Waals surface area (Å²) in [5, 5.41) is 0. The summed E-state index contributed by atoms with van der Waals surface area (Å²) in [5.74, 6) is 0.549. The minimum Gasteiger partial charge on any atom is -0.298 e. The van der Waals surface area contributed by atoms with Crippen molar-refractivity contribution in [2.45, 2.75) is 25.2 Å². The van der Waals surface area contributed by atoms with E-state index in [1.807, 2.05) is 6.07 Å². The molecule has 80 valence electrons. The van der Waals surface area contributed by atoms with E-state index in [1.54, 1.807) is 0 Å². The average Bonchev–Trinajstić information content (AvgIpc) is 2.25. The maximum Gasteiger partial charge on any atom is 0.150 e. The van der Waals surface area contributed by atoms with E-state index in [1.165, 1.54) is 5.56 Å². The van der Waals surface area contributed by atoms with Crippen molar-refractivity contribution in [1.29, 1.82) is 0 Å². The first-order valence-electron chi connectivity index (χ1n) is 5.30. The number of benzene rings is 1. The first-order chi connectivity index (χ1) is 7.15. The topological polar surface area (TPSA) is 17.1 Å². The Bertz CT molecular complexity index is 352. The molecule has 2 heteroatoms. The van der Waals surface area contributed by atoms with E-state index < -0.39 is 0 Å². The van der Waals surface area contributed by atoms with Crippen LogP contribution < -0.4 is 0 Å². The summed E-state index contributed by atoms with van der Waals surface area (Å²) in [6.45, 7) is 2.22. The number of Topliss-reactive ketones (excluding diaryl/α,β-unsaturated/α-hetero) is 1. The normalized spacial score (nSPS) is 29.6. The number of hydrogen-bond donors (Lipinski definition) is 0. The Balaban J connectivity index is 2.06. The molecular weight excluding hydrogens is 208 g/mol. The summed E-state index contributed by atoms with van der Waals surface area (Å²) < 4.78 is 0. The van der Waals surface area contributed by atoms with E-state index in [9.17, 15) is 4.79 Å². The predicted octanol–water partition coefficient (Wildman–Crippen LogP) is 3.16. The molecule has 0 spiro atoms. The fourth-order valence-electron chi connectivity index (χ4n) is 2.44. The van der Waals surface area contributed by atoms with Crippen molar-refractivity contribution in [1.82, 2.24) is 0 Å². The lowest BCUT2D eigenvalue weighted by Gasteiger charge is -2.44. The molecule has 2 rings (SSSR count). The van der Waals surface area contributed by atoms with Gasteiger partial charge in [0, 0.05) is 5.92 Å². The van der Waals surface area contributed by atoms with Crippen molar-refractivity contribution in [2.75, 3.05) is 5.88 Å². The zero-order valence-corrected chi connectivity index (χ0v) is 9.63. The molecular formula is C13H15ClO.